The van der Waals surface area contributed by atoms with Gasteiger partial charge in [0.2, 0.25) is 0 Å². The highest BCUT2D eigenvalue weighted by Gasteiger charge is 2.23. The van der Waals surface area contributed by atoms with E-state index in [-0.39, 0.29) is 60.9 Å². The SMILES string of the molecule is CCNc1ccc2c(O)c(N=Nc3cc(OC)c(S(=O)(=O)CC)cc3O)ccc2c1N=Nc1ccc(S(=O)(=O)CC)cc1S(=O)(=O)O. The molecule has 0 aliphatic heterocycles. The molecular weight excluding hydrogens is 675 g/mol. The van der Waals surface area contributed by atoms with Gasteiger partial charge in [0.25, 0.3) is 10.1 Å². The lowest BCUT2D eigenvalue weighted by atomic mass is 10.1. The van der Waals surface area contributed by atoms with Gasteiger partial charge >= 0.3 is 0 Å². The van der Waals surface area contributed by atoms with Crippen LogP contribution in [0.3, 0.4) is 0 Å². The molecule has 0 fully saturated rings. The Labute approximate surface area is 271 Å². The minimum Gasteiger partial charge on any atom is -0.506 e. The van der Waals surface area contributed by atoms with E-state index in [2.05, 4.69) is 25.8 Å². The number of hydrogen-bond donors (Lipinski definition) is 4. The molecule has 4 aromatic rings. The summed E-state index contributed by atoms with van der Waals surface area (Å²) in [5.41, 5.74) is 0.145. The van der Waals surface area contributed by atoms with E-state index in [1.807, 2.05) is 6.92 Å². The second kappa shape index (κ2) is 13.6. The van der Waals surface area contributed by atoms with Gasteiger partial charge in [-0.05, 0) is 49.4 Å². The number of hydrogen-bond acceptors (Lipinski definition) is 14. The minimum atomic E-state index is -4.90. The van der Waals surface area contributed by atoms with Gasteiger partial charge in [-0.25, -0.2) is 16.8 Å². The molecule has 0 spiro atoms. The average Bonchev–Trinajstić information content (AvgIpc) is 3.03. The molecule has 250 valence electrons. The summed E-state index contributed by atoms with van der Waals surface area (Å²) in [6, 6.07) is 11.4. The number of phenols is 2. The van der Waals surface area contributed by atoms with Crippen LogP contribution in [0.5, 0.6) is 17.2 Å². The van der Waals surface area contributed by atoms with Gasteiger partial charge in [-0.3, -0.25) is 4.55 Å². The van der Waals surface area contributed by atoms with Crippen LogP contribution < -0.4 is 10.1 Å². The van der Waals surface area contributed by atoms with Crippen molar-refractivity contribution >= 4 is 69.0 Å². The van der Waals surface area contributed by atoms with Crippen molar-refractivity contribution in [2.75, 3.05) is 30.5 Å². The molecule has 4 rings (SSSR count). The quantitative estimate of drug-likeness (QED) is 0.0935. The Morgan fingerprint density at radius 1 is 0.702 bits per heavy atom. The first-order valence-electron chi connectivity index (χ1n) is 13.9. The van der Waals surface area contributed by atoms with Crippen molar-refractivity contribution in [2.45, 2.75) is 35.5 Å². The summed E-state index contributed by atoms with van der Waals surface area (Å²) in [6.45, 7) is 5.12. The molecule has 0 aliphatic rings. The lowest BCUT2D eigenvalue weighted by Gasteiger charge is -2.12. The van der Waals surface area contributed by atoms with Gasteiger partial charge in [0.15, 0.2) is 25.4 Å². The van der Waals surface area contributed by atoms with Crippen molar-refractivity contribution in [1.29, 1.82) is 0 Å². The Hall–Kier alpha value is -4.65. The second-order valence-electron chi connectivity index (χ2n) is 9.82. The molecule has 0 saturated carbocycles. The highest BCUT2D eigenvalue weighted by molar-refractivity contribution is 7.91. The molecule has 4 aromatic carbocycles. The number of nitrogens with zero attached hydrogens (tertiary/aromatic N) is 4. The maximum absolute atomic E-state index is 12.4. The fourth-order valence-corrected chi connectivity index (χ4v) is 7.10. The zero-order valence-corrected chi connectivity index (χ0v) is 28.0. The Bertz CT molecular complexity index is 2250. The fourth-order valence-electron chi connectivity index (χ4n) is 4.42. The topological polar surface area (TPSA) is 234 Å². The summed E-state index contributed by atoms with van der Waals surface area (Å²) in [6.07, 6.45) is 0. The molecule has 0 atom stereocenters. The molecular formula is C29H31N5O10S3. The van der Waals surface area contributed by atoms with Gasteiger partial charge < -0.3 is 20.3 Å². The zero-order chi connectivity index (χ0) is 34.7. The number of nitrogens with one attached hydrogen (secondary N) is 1. The number of methoxy groups -OCH3 is 1. The van der Waals surface area contributed by atoms with Crippen LogP contribution in [0.25, 0.3) is 10.8 Å². The molecule has 4 N–H and O–H groups in total. The number of fused-ring (bicyclic) bond motifs is 1. The third-order valence-corrected chi connectivity index (χ3v) is 11.3. The van der Waals surface area contributed by atoms with Crippen LogP contribution in [0.1, 0.15) is 20.8 Å². The molecule has 0 aliphatic carbocycles. The summed E-state index contributed by atoms with van der Waals surface area (Å²) in [7, 11) is -11.2. The largest absolute Gasteiger partial charge is 0.506 e. The van der Waals surface area contributed by atoms with Crippen LogP contribution >= 0.6 is 0 Å². The molecule has 18 heteroatoms. The number of ether oxygens (including phenoxy) is 1. The van der Waals surface area contributed by atoms with Crippen LogP contribution in [-0.4, -0.2) is 65.2 Å². The van der Waals surface area contributed by atoms with Crippen LogP contribution in [-0.2, 0) is 29.8 Å². The number of anilines is 1. The smallest absolute Gasteiger partial charge is 0.296 e. The van der Waals surface area contributed by atoms with Crippen molar-refractivity contribution in [3.63, 3.8) is 0 Å². The lowest BCUT2D eigenvalue weighted by Crippen LogP contribution is -2.06. The van der Waals surface area contributed by atoms with E-state index in [0.717, 1.165) is 24.3 Å². The maximum atomic E-state index is 12.4. The molecule has 0 aromatic heterocycles. The minimum absolute atomic E-state index is 0.0263. The predicted octanol–water partition coefficient (Wildman–Crippen LogP) is 6.36. The van der Waals surface area contributed by atoms with E-state index < -0.39 is 40.4 Å². The highest BCUT2D eigenvalue weighted by Crippen LogP contribution is 2.44. The molecule has 0 unspecified atom stereocenters. The maximum Gasteiger partial charge on any atom is 0.296 e. The van der Waals surface area contributed by atoms with E-state index >= 15 is 0 Å². The second-order valence-corrected chi connectivity index (χ2v) is 15.7. The normalized spacial score (nSPS) is 12.7. The third-order valence-electron chi connectivity index (χ3n) is 6.94. The van der Waals surface area contributed by atoms with Gasteiger partial charge in [0, 0.05) is 29.4 Å². The third kappa shape index (κ3) is 7.35. The van der Waals surface area contributed by atoms with Crippen LogP contribution in [0.4, 0.5) is 28.4 Å². The Kier molecular flexibility index (Phi) is 10.2. The lowest BCUT2D eigenvalue weighted by molar-refractivity contribution is 0.399. The summed E-state index contributed by atoms with van der Waals surface area (Å²) in [5.74, 6) is -1.38. The number of phenolic OH excluding ortho intramolecular Hbond substituents is 2. The number of azo groups is 2. The number of rotatable bonds is 12. The molecule has 0 radical (unpaired) electrons. The van der Waals surface area contributed by atoms with Crippen molar-refractivity contribution in [2.24, 2.45) is 20.5 Å². The summed E-state index contributed by atoms with van der Waals surface area (Å²) in [5, 5.41) is 41.5. The molecule has 0 heterocycles. The van der Waals surface area contributed by atoms with Crippen molar-refractivity contribution in [1.82, 2.24) is 0 Å². The Morgan fingerprint density at radius 2 is 1.32 bits per heavy atom. The highest BCUT2D eigenvalue weighted by atomic mass is 32.2. The first-order chi connectivity index (χ1) is 22.1. The molecule has 0 amide bonds. The number of benzene rings is 4. The fraction of sp³-hybridized carbons (Fsp3) is 0.241. The van der Waals surface area contributed by atoms with Gasteiger partial charge in [0.05, 0.1) is 29.2 Å². The van der Waals surface area contributed by atoms with Crippen LogP contribution in [0.15, 0.2) is 89.7 Å². The van der Waals surface area contributed by atoms with Gasteiger partial charge in [-0.15, -0.1) is 20.5 Å². The summed E-state index contributed by atoms with van der Waals surface area (Å²) in [4.78, 5) is -1.28. The predicted molar refractivity (Wildman–Crippen MR) is 174 cm³/mol. The van der Waals surface area contributed by atoms with Gasteiger partial charge in [0.1, 0.15) is 44.0 Å². The molecule has 0 bridgehead atoms. The standard InChI is InChI=1S/C29H31N5O10S3/c1-5-30-21-12-10-19-18(28(21)34-31-20-11-8-17(45(37,38)6-2)14-26(20)47(41,42)43)9-13-22(29(19)36)32-33-23-15-25(44-4)27(16-24(23)35)46(39,40)7-3/h8-16,30,35-36H,5-7H2,1-4H3,(H,41,42,43). The zero-order valence-electron chi connectivity index (χ0n) is 25.5. The van der Waals surface area contributed by atoms with Gasteiger partial charge in [-0.1, -0.05) is 13.8 Å². The molecule has 47 heavy (non-hydrogen) atoms. The first-order valence-corrected chi connectivity index (χ1v) is 18.7. The van der Waals surface area contributed by atoms with E-state index in [1.54, 1.807) is 12.1 Å². The van der Waals surface area contributed by atoms with E-state index in [1.165, 1.54) is 39.2 Å². The van der Waals surface area contributed by atoms with E-state index in [4.69, 9.17) is 4.74 Å². The monoisotopic (exact) mass is 705 g/mol. The number of aromatic hydroxyl groups is 2. The van der Waals surface area contributed by atoms with Crippen molar-refractivity contribution < 1.29 is 44.8 Å². The van der Waals surface area contributed by atoms with Crippen molar-refractivity contribution in [3.05, 3.63) is 54.6 Å². The molecule has 15 nitrogen and oxygen atoms in total. The van der Waals surface area contributed by atoms with Crippen molar-refractivity contribution in [3.8, 4) is 17.2 Å². The Balaban J connectivity index is 1.81. The van der Waals surface area contributed by atoms with E-state index in [9.17, 15) is 40.0 Å². The number of sulfone groups is 2. The van der Waals surface area contributed by atoms with Crippen LogP contribution in [0, 0.1) is 0 Å². The molecule has 0 saturated heterocycles. The Morgan fingerprint density at radius 3 is 1.94 bits per heavy atom. The van der Waals surface area contributed by atoms with E-state index in [0.29, 0.717) is 17.6 Å². The first kappa shape index (κ1) is 35.2. The van der Waals surface area contributed by atoms with Crippen LogP contribution in [0.2, 0.25) is 0 Å². The summed E-state index contributed by atoms with van der Waals surface area (Å²) >= 11 is 0. The summed E-state index contributed by atoms with van der Waals surface area (Å²) < 4.78 is 88.6. The van der Waals surface area contributed by atoms with Gasteiger partial charge in [-0.2, -0.15) is 8.42 Å². The average molecular weight is 706 g/mol.